The van der Waals surface area contributed by atoms with Gasteiger partial charge >= 0.3 is 0 Å². The molecule has 1 heterocycles. The first-order valence-electron chi connectivity index (χ1n) is 7.77. The van der Waals surface area contributed by atoms with Crippen LogP contribution in [0.5, 0.6) is 0 Å². The average molecular weight is 340 g/mol. The molecule has 7 heteroatoms. The first-order valence-corrected chi connectivity index (χ1v) is 7.77. The minimum atomic E-state index is -0.483. The van der Waals surface area contributed by atoms with E-state index in [9.17, 15) is 9.18 Å². The predicted molar refractivity (Wildman–Crippen MR) is 90.9 cm³/mol. The zero-order chi connectivity index (χ0) is 17.8. The Bertz CT molecular complexity index is 810. The number of hydrogen-bond acceptors (Lipinski definition) is 4. The molecule has 0 saturated heterocycles. The maximum Gasteiger partial charge on any atom is 0.291 e. The van der Waals surface area contributed by atoms with Crippen molar-refractivity contribution in [1.29, 1.82) is 0 Å². The predicted octanol–water partition coefficient (Wildman–Crippen LogP) is 2.10. The van der Waals surface area contributed by atoms with Gasteiger partial charge in [-0.1, -0.05) is 17.7 Å². The third-order valence-electron chi connectivity index (χ3n) is 3.59. The van der Waals surface area contributed by atoms with Crippen molar-refractivity contribution in [3.8, 4) is 17.1 Å². The van der Waals surface area contributed by atoms with Crippen molar-refractivity contribution in [3.63, 3.8) is 0 Å². The normalized spacial score (nSPS) is 10.7. The Morgan fingerprint density at radius 2 is 1.84 bits per heavy atom. The average Bonchev–Trinajstić information content (AvgIpc) is 3.06. The molecule has 0 spiro atoms. The van der Waals surface area contributed by atoms with Gasteiger partial charge in [-0.2, -0.15) is 0 Å². The molecule has 0 aliphatic heterocycles. The standard InChI is InChI=1S/C18H17FN4O2/c1-12-2-8-15(9-3-12)23-17(13-4-6-14(19)7-5-13)21-16(22-23)18(25)20-10-11-24/h2-9,24H,10-11H2,1H3,(H,20,25). The van der Waals surface area contributed by atoms with E-state index in [2.05, 4.69) is 15.4 Å². The van der Waals surface area contributed by atoms with Crippen LogP contribution < -0.4 is 5.32 Å². The topological polar surface area (TPSA) is 80.0 Å². The molecular formula is C18H17FN4O2. The summed E-state index contributed by atoms with van der Waals surface area (Å²) in [5.41, 5.74) is 2.46. The van der Waals surface area contributed by atoms with Gasteiger partial charge in [-0.25, -0.2) is 14.1 Å². The number of aliphatic hydroxyl groups is 1. The summed E-state index contributed by atoms with van der Waals surface area (Å²) in [7, 11) is 0. The summed E-state index contributed by atoms with van der Waals surface area (Å²) < 4.78 is 14.8. The second kappa shape index (κ2) is 7.23. The molecule has 0 aliphatic carbocycles. The van der Waals surface area contributed by atoms with Gasteiger partial charge < -0.3 is 10.4 Å². The fraction of sp³-hybridized carbons (Fsp3) is 0.167. The van der Waals surface area contributed by atoms with Gasteiger partial charge in [-0.3, -0.25) is 4.79 Å². The Kier molecular flexibility index (Phi) is 4.85. The van der Waals surface area contributed by atoms with Crippen molar-refractivity contribution in [3.05, 3.63) is 65.7 Å². The molecule has 1 aromatic heterocycles. The summed E-state index contributed by atoms with van der Waals surface area (Å²) in [5.74, 6) is -0.430. The van der Waals surface area contributed by atoms with Gasteiger partial charge in [0.05, 0.1) is 12.3 Å². The van der Waals surface area contributed by atoms with Crippen LogP contribution in [0.1, 0.15) is 16.2 Å². The minimum absolute atomic E-state index is 0.0200. The van der Waals surface area contributed by atoms with Crippen molar-refractivity contribution < 1.29 is 14.3 Å². The number of nitrogens with one attached hydrogen (secondary N) is 1. The van der Waals surface area contributed by atoms with Crippen LogP contribution in [0.15, 0.2) is 48.5 Å². The number of nitrogens with zero attached hydrogens (tertiary/aromatic N) is 3. The number of hydrogen-bond donors (Lipinski definition) is 2. The molecule has 0 saturated carbocycles. The Hall–Kier alpha value is -3.06. The van der Waals surface area contributed by atoms with Crippen LogP contribution in [-0.2, 0) is 0 Å². The highest BCUT2D eigenvalue weighted by Gasteiger charge is 2.18. The summed E-state index contributed by atoms with van der Waals surface area (Å²) in [5, 5.41) is 15.6. The second-order valence-electron chi connectivity index (χ2n) is 5.49. The van der Waals surface area contributed by atoms with Gasteiger partial charge in [0, 0.05) is 12.1 Å². The first kappa shape index (κ1) is 16.8. The van der Waals surface area contributed by atoms with Gasteiger partial charge in [0.2, 0.25) is 5.82 Å². The van der Waals surface area contributed by atoms with Gasteiger partial charge in [0.1, 0.15) is 5.82 Å². The molecule has 3 rings (SSSR count). The van der Waals surface area contributed by atoms with Crippen LogP contribution in [0.25, 0.3) is 17.1 Å². The Balaban J connectivity index is 2.07. The molecule has 0 fully saturated rings. The fourth-order valence-electron chi connectivity index (χ4n) is 2.31. The lowest BCUT2D eigenvalue weighted by molar-refractivity contribution is 0.0934. The maximum atomic E-state index is 13.2. The van der Waals surface area contributed by atoms with E-state index < -0.39 is 5.91 Å². The third-order valence-corrected chi connectivity index (χ3v) is 3.59. The van der Waals surface area contributed by atoms with Gasteiger partial charge in [0.25, 0.3) is 5.91 Å². The van der Waals surface area contributed by atoms with Crippen molar-refractivity contribution in [2.75, 3.05) is 13.2 Å². The van der Waals surface area contributed by atoms with Crippen molar-refractivity contribution in [2.24, 2.45) is 0 Å². The van der Waals surface area contributed by atoms with Crippen LogP contribution in [0.3, 0.4) is 0 Å². The summed E-state index contributed by atoms with van der Waals surface area (Å²) in [6.45, 7) is 1.92. The molecule has 25 heavy (non-hydrogen) atoms. The quantitative estimate of drug-likeness (QED) is 0.745. The lowest BCUT2D eigenvalue weighted by atomic mass is 10.2. The van der Waals surface area contributed by atoms with E-state index in [1.54, 1.807) is 16.8 Å². The molecule has 3 aromatic rings. The van der Waals surface area contributed by atoms with Crippen molar-refractivity contribution in [1.82, 2.24) is 20.1 Å². The Morgan fingerprint density at radius 3 is 2.48 bits per heavy atom. The van der Waals surface area contributed by atoms with E-state index in [1.165, 1.54) is 12.1 Å². The molecule has 0 aliphatic rings. The number of aliphatic hydroxyl groups excluding tert-OH is 1. The number of aromatic nitrogens is 3. The molecule has 2 aromatic carbocycles. The lowest BCUT2D eigenvalue weighted by Crippen LogP contribution is -2.27. The van der Waals surface area contributed by atoms with Crippen LogP contribution in [-0.4, -0.2) is 38.9 Å². The van der Waals surface area contributed by atoms with E-state index in [0.717, 1.165) is 11.3 Å². The van der Waals surface area contributed by atoms with Gasteiger partial charge in [0.15, 0.2) is 5.82 Å². The van der Waals surface area contributed by atoms with E-state index in [4.69, 9.17) is 5.11 Å². The largest absolute Gasteiger partial charge is 0.395 e. The molecule has 128 valence electrons. The second-order valence-corrected chi connectivity index (χ2v) is 5.49. The van der Waals surface area contributed by atoms with Gasteiger partial charge in [-0.05, 0) is 43.3 Å². The van der Waals surface area contributed by atoms with Crippen LogP contribution in [0.2, 0.25) is 0 Å². The zero-order valence-corrected chi connectivity index (χ0v) is 13.6. The monoisotopic (exact) mass is 340 g/mol. The smallest absolute Gasteiger partial charge is 0.291 e. The highest BCUT2D eigenvalue weighted by molar-refractivity contribution is 5.91. The molecule has 1 amide bonds. The van der Waals surface area contributed by atoms with E-state index in [0.29, 0.717) is 11.4 Å². The van der Waals surface area contributed by atoms with Crippen LogP contribution in [0, 0.1) is 12.7 Å². The number of halogens is 1. The molecular weight excluding hydrogens is 323 g/mol. The van der Waals surface area contributed by atoms with Crippen molar-refractivity contribution >= 4 is 5.91 Å². The van der Waals surface area contributed by atoms with Gasteiger partial charge in [-0.15, -0.1) is 5.10 Å². The SMILES string of the molecule is Cc1ccc(-n2nc(C(=O)NCCO)nc2-c2ccc(F)cc2)cc1. The van der Waals surface area contributed by atoms with E-state index in [1.807, 2.05) is 31.2 Å². The third kappa shape index (κ3) is 3.72. The molecule has 0 bridgehead atoms. The molecule has 0 atom stereocenters. The number of benzene rings is 2. The molecule has 0 radical (unpaired) electrons. The van der Waals surface area contributed by atoms with E-state index in [-0.39, 0.29) is 24.8 Å². The summed E-state index contributed by atoms with van der Waals surface area (Å²) in [4.78, 5) is 16.4. The maximum absolute atomic E-state index is 13.2. The summed E-state index contributed by atoms with van der Waals surface area (Å²) >= 11 is 0. The highest BCUT2D eigenvalue weighted by atomic mass is 19.1. The summed E-state index contributed by atoms with van der Waals surface area (Å²) in [6, 6.07) is 13.4. The number of aryl methyl sites for hydroxylation is 1. The van der Waals surface area contributed by atoms with Crippen LogP contribution >= 0.6 is 0 Å². The minimum Gasteiger partial charge on any atom is -0.395 e. The number of amides is 1. The number of carbonyl (C=O) groups excluding carboxylic acids is 1. The molecule has 6 nitrogen and oxygen atoms in total. The zero-order valence-electron chi connectivity index (χ0n) is 13.6. The summed E-state index contributed by atoms with van der Waals surface area (Å²) in [6.07, 6.45) is 0. The van der Waals surface area contributed by atoms with Crippen LogP contribution in [0.4, 0.5) is 4.39 Å². The molecule has 2 N–H and O–H groups in total. The molecule has 0 unspecified atom stereocenters. The lowest BCUT2D eigenvalue weighted by Gasteiger charge is -2.06. The fourth-order valence-corrected chi connectivity index (χ4v) is 2.31. The Labute approximate surface area is 144 Å². The number of carbonyl (C=O) groups is 1. The highest BCUT2D eigenvalue weighted by Crippen LogP contribution is 2.22. The first-order chi connectivity index (χ1) is 12.1. The number of rotatable bonds is 5. The van der Waals surface area contributed by atoms with E-state index >= 15 is 0 Å². The van der Waals surface area contributed by atoms with Crippen molar-refractivity contribution in [2.45, 2.75) is 6.92 Å². The Morgan fingerprint density at radius 1 is 1.16 bits per heavy atom.